The molecule has 9 heteroatoms. The lowest BCUT2D eigenvalue weighted by Crippen LogP contribution is -2.48. The lowest BCUT2D eigenvalue weighted by Gasteiger charge is -2.32. The molecule has 0 saturated carbocycles. The number of benzene rings is 1. The number of urea groups is 1. The first-order valence-corrected chi connectivity index (χ1v) is 10.0. The van der Waals surface area contributed by atoms with E-state index in [4.69, 9.17) is 9.47 Å². The predicted octanol–water partition coefficient (Wildman–Crippen LogP) is 1.26. The number of carbonyl (C=O) groups is 4. The molecule has 3 rings (SSSR count). The summed E-state index contributed by atoms with van der Waals surface area (Å²) < 4.78 is 10.2. The van der Waals surface area contributed by atoms with Crippen molar-refractivity contribution in [1.82, 2.24) is 15.1 Å². The van der Waals surface area contributed by atoms with Gasteiger partial charge in [0.25, 0.3) is 5.91 Å². The Labute approximate surface area is 175 Å². The van der Waals surface area contributed by atoms with Crippen LogP contribution in [0.25, 0.3) is 0 Å². The van der Waals surface area contributed by atoms with Gasteiger partial charge in [-0.2, -0.15) is 0 Å². The van der Waals surface area contributed by atoms with Gasteiger partial charge in [-0.1, -0.05) is 12.1 Å². The molecule has 2 fully saturated rings. The Hall–Kier alpha value is -3.10. The van der Waals surface area contributed by atoms with Crippen LogP contribution in [0.1, 0.15) is 32.3 Å². The van der Waals surface area contributed by atoms with Crippen LogP contribution in [0.4, 0.5) is 4.79 Å². The quantitative estimate of drug-likeness (QED) is 0.552. The molecule has 0 radical (unpaired) electrons. The first kappa shape index (κ1) is 21.6. The van der Waals surface area contributed by atoms with E-state index in [2.05, 4.69) is 5.32 Å². The van der Waals surface area contributed by atoms with Crippen molar-refractivity contribution in [2.24, 2.45) is 5.92 Å². The second kappa shape index (κ2) is 8.73. The Morgan fingerprint density at radius 3 is 2.57 bits per heavy atom. The summed E-state index contributed by atoms with van der Waals surface area (Å²) in [7, 11) is 1.54. The second-order valence-electron chi connectivity index (χ2n) is 7.61. The standard InChI is InChI=1S/C21H27N3O6/c1-4-30-18(26)14-6-5-11-23(12-14)17(25)13-24-19(27)21(2,22-20(24)28)15-7-9-16(29-3)10-8-15/h7-10,14H,4-6,11-13H2,1-3H3,(H,22,28). The number of amides is 4. The molecular weight excluding hydrogens is 390 g/mol. The molecule has 1 aromatic carbocycles. The van der Waals surface area contributed by atoms with Gasteiger partial charge < -0.3 is 19.7 Å². The Morgan fingerprint density at radius 2 is 1.93 bits per heavy atom. The van der Waals surface area contributed by atoms with Gasteiger partial charge in [0.1, 0.15) is 17.8 Å². The number of piperidine rings is 1. The predicted molar refractivity (Wildman–Crippen MR) is 107 cm³/mol. The zero-order valence-electron chi connectivity index (χ0n) is 17.5. The van der Waals surface area contributed by atoms with Gasteiger partial charge >= 0.3 is 12.0 Å². The van der Waals surface area contributed by atoms with Crippen LogP contribution in [0, 0.1) is 5.92 Å². The third-order valence-corrected chi connectivity index (χ3v) is 5.63. The van der Waals surface area contributed by atoms with Crippen molar-refractivity contribution in [2.75, 3.05) is 33.4 Å². The van der Waals surface area contributed by atoms with E-state index >= 15 is 0 Å². The van der Waals surface area contributed by atoms with Crippen molar-refractivity contribution in [2.45, 2.75) is 32.2 Å². The van der Waals surface area contributed by atoms with E-state index in [1.165, 1.54) is 4.90 Å². The summed E-state index contributed by atoms with van der Waals surface area (Å²) in [6.07, 6.45) is 1.32. The van der Waals surface area contributed by atoms with Gasteiger partial charge in [0, 0.05) is 13.1 Å². The van der Waals surface area contributed by atoms with Gasteiger partial charge in [0.15, 0.2) is 0 Å². The fraction of sp³-hybridized carbons (Fsp3) is 0.524. The molecule has 1 aromatic rings. The van der Waals surface area contributed by atoms with Crippen molar-refractivity contribution in [3.8, 4) is 5.75 Å². The number of likely N-dealkylation sites (tertiary alicyclic amines) is 1. The maximum Gasteiger partial charge on any atom is 0.325 e. The Balaban J connectivity index is 1.69. The molecule has 4 amide bonds. The number of esters is 1. The molecular formula is C21H27N3O6. The van der Waals surface area contributed by atoms with Crippen molar-refractivity contribution < 1.29 is 28.7 Å². The molecule has 30 heavy (non-hydrogen) atoms. The zero-order valence-corrected chi connectivity index (χ0v) is 17.5. The molecule has 0 aromatic heterocycles. The molecule has 0 aliphatic carbocycles. The Bertz CT molecular complexity index is 840. The maximum atomic E-state index is 13.0. The molecule has 2 saturated heterocycles. The maximum absolute atomic E-state index is 13.0. The van der Waals surface area contributed by atoms with Gasteiger partial charge in [-0.3, -0.25) is 19.3 Å². The lowest BCUT2D eigenvalue weighted by atomic mass is 9.92. The van der Waals surface area contributed by atoms with Gasteiger partial charge in [0.2, 0.25) is 5.91 Å². The first-order valence-electron chi connectivity index (χ1n) is 10.0. The Kier molecular flexibility index (Phi) is 6.28. The number of carbonyl (C=O) groups excluding carboxylic acids is 4. The fourth-order valence-corrected chi connectivity index (χ4v) is 3.85. The van der Waals surface area contributed by atoms with Crippen LogP contribution >= 0.6 is 0 Å². The highest BCUT2D eigenvalue weighted by Crippen LogP contribution is 2.30. The average Bonchev–Trinajstić information content (AvgIpc) is 2.98. The summed E-state index contributed by atoms with van der Waals surface area (Å²) in [5.74, 6) is -0.934. The number of ether oxygens (including phenoxy) is 2. The number of hydrogen-bond acceptors (Lipinski definition) is 6. The molecule has 1 N–H and O–H groups in total. The van der Waals surface area contributed by atoms with Crippen molar-refractivity contribution in [3.05, 3.63) is 29.8 Å². The Morgan fingerprint density at radius 1 is 1.23 bits per heavy atom. The van der Waals surface area contributed by atoms with E-state index in [1.54, 1.807) is 45.2 Å². The summed E-state index contributed by atoms with van der Waals surface area (Å²) in [5.41, 5.74) is -0.670. The van der Waals surface area contributed by atoms with Crippen LogP contribution < -0.4 is 10.1 Å². The first-order chi connectivity index (χ1) is 14.3. The number of nitrogens with zero attached hydrogens (tertiary/aromatic N) is 2. The molecule has 162 valence electrons. The van der Waals surface area contributed by atoms with E-state index in [9.17, 15) is 19.2 Å². The van der Waals surface area contributed by atoms with Gasteiger partial charge in [-0.25, -0.2) is 4.79 Å². The van der Waals surface area contributed by atoms with Crippen molar-refractivity contribution >= 4 is 23.8 Å². The fourth-order valence-electron chi connectivity index (χ4n) is 3.85. The monoisotopic (exact) mass is 417 g/mol. The van der Waals surface area contributed by atoms with Crippen LogP contribution in [0.2, 0.25) is 0 Å². The highest BCUT2D eigenvalue weighted by molar-refractivity contribution is 6.09. The smallest absolute Gasteiger partial charge is 0.325 e. The molecule has 0 bridgehead atoms. The summed E-state index contributed by atoms with van der Waals surface area (Å²) >= 11 is 0. The van der Waals surface area contributed by atoms with E-state index in [-0.39, 0.29) is 37.5 Å². The SMILES string of the molecule is CCOC(=O)C1CCCN(C(=O)CN2C(=O)NC(C)(c3ccc(OC)cc3)C2=O)C1. The summed E-state index contributed by atoms with van der Waals surface area (Å²) in [6, 6.07) is 6.20. The van der Waals surface area contributed by atoms with Crippen LogP contribution in [0.15, 0.2) is 24.3 Å². The average molecular weight is 417 g/mol. The van der Waals surface area contributed by atoms with Gasteiger partial charge in [0.05, 0.1) is 19.6 Å². The summed E-state index contributed by atoms with van der Waals surface area (Å²) in [6.45, 7) is 3.98. The molecule has 2 heterocycles. The number of hydrogen-bond donors (Lipinski definition) is 1. The van der Waals surface area contributed by atoms with E-state index < -0.39 is 17.5 Å². The van der Waals surface area contributed by atoms with Crippen LogP contribution in [0.3, 0.4) is 0 Å². The molecule has 2 aliphatic heterocycles. The number of imide groups is 1. The normalized spacial score (nSPS) is 23.9. The summed E-state index contributed by atoms with van der Waals surface area (Å²) in [5, 5.41) is 2.69. The number of methoxy groups -OCH3 is 1. The minimum atomic E-state index is -1.26. The minimum Gasteiger partial charge on any atom is -0.497 e. The molecule has 9 nitrogen and oxygen atoms in total. The zero-order chi connectivity index (χ0) is 21.9. The van der Waals surface area contributed by atoms with Crippen molar-refractivity contribution in [3.63, 3.8) is 0 Å². The molecule has 2 aliphatic rings. The van der Waals surface area contributed by atoms with Crippen LogP contribution in [-0.4, -0.2) is 67.0 Å². The largest absolute Gasteiger partial charge is 0.497 e. The van der Waals surface area contributed by atoms with Crippen LogP contribution in [0.5, 0.6) is 5.75 Å². The van der Waals surface area contributed by atoms with Gasteiger partial charge in [-0.05, 0) is 44.4 Å². The molecule has 2 atom stereocenters. The highest BCUT2D eigenvalue weighted by Gasteiger charge is 2.49. The van der Waals surface area contributed by atoms with Crippen LogP contribution in [-0.2, 0) is 24.7 Å². The van der Waals surface area contributed by atoms with Gasteiger partial charge in [-0.15, -0.1) is 0 Å². The van der Waals surface area contributed by atoms with E-state index in [0.29, 0.717) is 30.7 Å². The number of rotatable bonds is 6. The molecule has 0 spiro atoms. The van der Waals surface area contributed by atoms with E-state index in [0.717, 1.165) is 4.90 Å². The minimum absolute atomic E-state index is 0.233. The van der Waals surface area contributed by atoms with Crippen molar-refractivity contribution in [1.29, 1.82) is 0 Å². The highest BCUT2D eigenvalue weighted by atomic mass is 16.5. The second-order valence-corrected chi connectivity index (χ2v) is 7.61. The molecule has 2 unspecified atom stereocenters. The third-order valence-electron chi connectivity index (χ3n) is 5.63. The van der Waals surface area contributed by atoms with E-state index in [1.807, 2.05) is 0 Å². The number of nitrogens with one attached hydrogen (secondary N) is 1. The summed E-state index contributed by atoms with van der Waals surface area (Å²) in [4.78, 5) is 52.8. The topological polar surface area (TPSA) is 105 Å². The third kappa shape index (κ3) is 4.10. The lowest BCUT2D eigenvalue weighted by molar-refractivity contribution is -0.152.